The molecule has 0 radical (unpaired) electrons. The van der Waals surface area contributed by atoms with Crippen LogP contribution in [0.15, 0.2) is 23.3 Å². The monoisotopic (exact) mass is 279 g/mol. The van der Waals surface area contributed by atoms with Gasteiger partial charge >= 0.3 is 0 Å². The van der Waals surface area contributed by atoms with Gasteiger partial charge in [-0.25, -0.2) is 12.8 Å². The molecule has 0 bridgehead atoms. The van der Waals surface area contributed by atoms with E-state index >= 15 is 0 Å². The van der Waals surface area contributed by atoms with Gasteiger partial charge in [0, 0.05) is 7.05 Å². The maximum absolute atomic E-state index is 13.4. The molecule has 0 fully saturated rings. The summed E-state index contributed by atoms with van der Waals surface area (Å²) in [6, 6.07) is 4.00. The highest BCUT2D eigenvalue weighted by Crippen LogP contribution is 2.18. The fraction of sp³-hybridized carbons (Fsp3) is 0.222. The molecule has 8 heteroatoms. The van der Waals surface area contributed by atoms with Crippen LogP contribution < -0.4 is 5.73 Å². The highest BCUT2D eigenvalue weighted by atomic mass is 35.5. The second-order valence-electron chi connectivity index (χ2n) is 3.28. The largest absolute Gasteiger partial charge is 0.382 e. The molecular formula is C9H11ClFN3O2S. The van der Waals surface area contributed by atoms with Crippen LogP contribution in [0.3, 0.4) is 0 Å². The van der Waals surface area contributed by atoms with Gasteiger partial charge in [0.05, 0.1) is 16.8 Å². The predicted molar refractivity (Wildman–Crippen MR) is 64.7 cm³/mol. The summed E-state index contributed by atoms with van der Waals surface area (Å²) >= 11 is 5.75. The third-order valence-electron chi connectivity index (χ3n) is 1.95. The lowest BCUT2D eigenvalue weighted by atomic mass is 10.2. The summed E-state index contributed by atoms with van der Waals surface area (Å²) in [4.78, 5) is 0. The topological polar surface area (TPSA) is 75.8 Å². The van der Waals surface area contributed by atoms with E-state index in [1.54, 1.807) is 0 Å². The Labute approximate surface area is 104 Å². The molecule has 17 heavy (non-hydrogen) atoms. The van der Waals surface area contributed by atoms with Gasteiger partial charge in [-0.1, -0.05) is 17.7 Å². The molecule has 0 spiro atoms. The van der Waals surface area contributed by atoms with Crippen LogP contribution in [0.25, 0.3) is 0 Å². The molecule has 0 saturated carbocycles. The average Bonchev–Trinajstić information content (AvgIpc) is 2.15. The van der Waals surface area contributed by atoms with E-state index in [1.807, 2.05) is 0 Å². The molecule has 1 aromatic carbocycles. The summed E-state index contributed by atoms with van der Waals surface area (Å²) in [5.74, 6) is -0.971. The third-order valence-corrected chi connectivity index (χ3v) is 3.30. The standard InChI is InChI=1S/C9H11ClFN3O2S/c1-14(17(2,15)16)13-9(12)8-6(10)4-3-5-7(8)11/h3-5H,1-2H3,(H2,12,13). The Balaban J connectivity index is 3.22. The number of sulfonamides is 1. The first-order valence-corrected chi connectivity index (χ1v) is 6.68. The van der Waals surface area contributed by atoms with Gasteiger partial charge in [0.15, 0.2) is 5.84 Å². The number of nitrogens with two attached hydrogens (primary N) is 1. The summed E-state index contributed by atoms with van der Waals surface area (Å²) in [5.41, 5.74) is 5.39. The molecule has 2 N–H and O–H groups in total. The van der Waals surface area contributed by atoms with Crippen molar-refractivity contribution in [1.82, 2.24) is 4.41 Å². The highest BCUT2D eigenvalue weighted by molar-refractivity contribution is 7.88. The number of rotatable bonds is 3. The van der Waals surface area contributed by atoms with Crippen LogP contribution >= 0.6 is 11.6 Å². The van der Waals surface area contributed by atoms with Gasteiger partial charge in [-0.3, -0.25) is 0 Å². The first-order chi connectivity index (χ1) is 7.73. The van der Waals surface area contributed by atoms with E-state index in [0.717, 1.165) is 12.3 Å². The van der Waals surface area contributed by atoms with E-state index < -0.39 is 15.8 Å². The molecule has 0 unspecified atom stereocenters. The van der Waals surface area contributed by atoms with E-state index in [-0.39, 0.29) is 16.4 Å². The number of benzene rings is 1. The molecule has 0 saturated heterocycles. The molecule has 1 rings (SSSR count). The minimum atomic E-state index is -3.53. The molecule has 0 amide bonds. The van der Waals surface area contributed by atoms with Gasteiger partial charge in [-0.2, -0.15) is 4.41 Å². The van der Waals surface area contributed by atoms with Gasteiger partial charge in [0.2, 0.25) is 10.0 Å². The molecule has 0 aliphatic rings. The number of hydrogen-bond acceptors (Lipinski definition) is 3. The maximum atomic E-state index is 13.4. The Bertz CT molecular complexity index is 539. The first-order valence-electron chi connectivity index (χ1n) is 4.46. The lowest BCUT2D eigenvalue weighted by Gasteiger charge is -2.12. The third kappa shape index (κ3) is 3.31. The Hall–Kier alpha value is -1.34. The van der Waals surface area contributed by atoms with Crippen LogP contribution in [0, 0.1) is 5.82 Å². The van der Waals surface area contributed by atoms with E-state index in [0.29, 0.717) is 4.41 Å². The second-order valence-corrected chi connectivity index (χ2v) is 5.68. The normalized spacial score (nSPS) is 12.6. The first kappa shape index (κ1) is 13.7. The summed E-state index contributed by atoms with van der Waals surface area (Å²) in [5, 5.41) is 3.62. The van der Waals surface area contributed by atoms with E-state index in [2.05, 4.69) is 5.10 Å². The Morgan fingerprint density at radius 1 is 1.53 bits per heavy atom. The van der Waals surface area contributed by atoms with Gasteiger partial charge in [-0.05, 0) is 12.1 Å². The molecular weight excluding hydrogens is 269 g/mol. The van der Waals surface area contributed by atoms with Crippen molar-refractivity contribution in [2.45, 2.75) is 0 Å². The lowest BCUT2D eigenvalue weighted by Crippen LogP contribution is -2.26. The minimum absolute atomic E-state index is 0.0631. The SMILES string of the molecule is CN(/N=C(\N)c1c(F)cccc1Cl)S(C)(=O)=O. The van der Waals surface area contributed by atoms with E-state index in [9.17, 15) is 12.8 Å². The Kier molecular flexibility index (Phi) is 3.94. The Morgan fingerprint density at radius 3 is 2.59 bits per heavy atom. The van der Waals surface area contributed by atoms with Gasteiger partial charge in [-0.15, -0.1) is 5.10 Å². The molecule has 0 atom stereocenters. The molecule has 0 aliphatic heterocycles. The summed E-state index contributed by atoms with van der Waals surface area (Å²) in [7, 11) is -2.34. The number of amidine groups is 1. The smallest absolute Gasteiger partial charge is 0.246 e. The van der Waals surface area contributed by atoms with Gasteiger partial charge < -0.3 is 5.73 Å². The van der Waals surface area contributed by atoms with Crippen molar-refractivity contribution in [3.8, 4) is 0 Å². The van der Waals surface area contributed by atoms with Crippen molar-refractivity contribution >= 4 is 27.5 Å². The van der Waals surface area contributed by atoms with E-state index in [1.165, 1.54) is 19.2 Å². The Morgan fingerprint density at radius 2 is 2.12 bits per heavy atom. The molecule has 0 aromatic heterocycles. The molecule has 5 nitrogen and oxygen atoms in total. The van der Waals surface area contributed by atoms with Crippen molar-refractivity contribution in [3.63, 3.8) is 0 Å². The van der Waals surface area contributed by atoms with Gasteiger partial charge in [0.25, 0.3) is 0 Å². The van der Waals surface area contributed by atoms with Crippen molar-refractivity contribution in [1.29, 1.82) is 0 Å². The van der Waals surface area contributed by atoms with Gasteiger partial charge in [0.1, 0.15) is 5.82 Å². The zero-order chi connectivity index (χ0) is 13.2. The minimum Gasteiger partial charge on any atom is -0.382 e. The van der Waals surface area contributed by atoms with Crippen LogP contribution in [0.4, 0.5) is 4.39 Å². The summed E-state index contributed by atoms with van der Waals surface area (Å²) < 4.78 is 36.3. The fourth-order valence-electron chi connectivity index (χ4n) is 1.02. The quantitative estimate of drug-likeness (QED) is 0.509. The summed E-state index contributed by atoms with van der Waals surface area (Å²) in [6.07, 6.45) is 0.951. The van der Waals surface area contributed by atoms with Crippen LogP contribution in [0.2, 0.25) is 5.02 Å². The number of hydrogen-bond donors (Lipinski definition) is 1. The molecule has 1 aromatic rings. The fourth-order valence-corrected chi connectivity index (χ4v) is 1.51. The van der Waals surface area contributed by atoms with Crippen molar-refractivity contribution in [2.75, 3.05) is 13.3 Å². The molecule has 0 heterocycles. The van der Waals surface area contributed by atoms with Crippen LogP contribution in [0.5, 0.6) is 0 Å². The highest BCUT2D eigenvalue weighted by Gasteiger charge is 2.14. The number of hydrazone groups is 1. The van der Waals surface area contributed by atoms with Crippen molar-refractivity contribution in [2.24, 2.45) is 10.8 Å². The van der Waals surface area contributed by atoms with Crippen molar-refractivity contribution in [3.05, 3.63) is 34.6 Å². The second kappa shape index (κ2) is 4.89. The van der Waals surface area contributed by atoms with Crippen LogP contribution in [-0.4, -0.2) is 32.0 Å². The number of halogens is 2. The zero-order valence-corrected chi connectivity index (χ0v) is 10.8. The van der Waals surface area contributed by atoms with Crippen molar-refractivity contribution < 1.29 is 12.8 Å². The van der Waals surface area contributed by atoms with Crippen LogP contribution in [-0.2, 0) is 10.0 Å². The van der Waals surface area contributed by atoms with E-state index in [4.69, 9.17) is 17.3 Å². The molecule has 0 aliphatic carbocycles. The van der Waals surface area contributed by atoms with Crippen LogP contribution in [0.1, 0.15) is 5.56 Å². The molecule has 94 valence electrons. The summed E-state index contributed by atoms with van der Waals surface area (Å²) in [6.45, 7) is 0. The zero-order valence-electron chi connectivity index (χ0n) is 9.18. The average molecular weight is 280 g/mol. The number of nitrogens with zero attached hydrogens (tertiary/aromatic N) is 2. The lowest BCUT2D eigenvalue weighted by molar-refractivity contribution is 0.495. The predicted octanol–water partition coefficient (Wildman–Crippen LogP) is 0.991. The maximum Gasteiger partial charge on any atom is 0.246 e.